The maximum atomic E-state index is 9.97. The summed E-state index contributed by atoms with van der Waals surface area (Å²) in [5.74, 6) is 0.651. The lowest BCUT2D eigenvalue weighted by Gasteiger charge is -2.15. The van der Waals surface area contributed by atoms with Crippen molar-refractivity contribution in [3.05, 3.63) is 57.5 Å². The fourth-order valence-electron chi connectivity index (χ4n) is 1.81. The van der Waals surface area contributed by atoms with Crippen LogP contribution < -0.4 is 10.1 Å². The Hall–Kier alpha value is -1.23. The molecular formula is C16H17BrClNO2. The van der Waals surface area contributed by atoms with Crippen molar-refractivity contribution in [3.63, 3.8) is 0 Å². The molecule has 1 unspecified atom stereocenters. The molecule has 0 bridgehead atoms. The molecule has 21 heavy (non-hydrogen) atoms. The summed E-state index contributed by atoms with van der Waals surface area (Å²) in [6.07, 6.45) is -0.614. The van der Waals surface area contributed by atoms with Gasteiger partial charge in [0.1, 0.15) is 18.5 Å². The van der Waals surface area contributed by atoms with E-state index in [2.05, 4.69) is 21.2 Å². The van der Waals surface area contributed by atoms with Crippen LogP contribution in [0.4, 0.5) is 5.69 Å². The smallest absolute Gasteiger partial charge is 0.120 e. The molecule has 2 aromatic carbocycles. The predicted molar refractivity (Wildman–Crippen MR) is 90.3 cm³/mol. The van der Waals surface area contributed by atoms with Crippen molar-refractivity contribution in [1.82, 2.24) is 0 Å². The summed E-state index contributed by atoms with van der Waals surface area (Å²) in [5, 5.41) is 13.8. The predicted octanol–water partition coefficient (Wildman–Crippen LogP) is 4.26. The molecule has 0 saturated carbocycles. The molecule has 3 nitrogen and oxygen atoms in total. The minimum atomic E-state index is -0.614. The maximum Gasteiger partial charge on any atom is 0.120 e. The third kappa shape index (κ3) is 5.23. The molecule has 0 spiro atoms. The van der Waals surface area contributed by atoms with Gasteiger partial charge in [0.2, 0.25) is 0 Å². The summed E-state index contributed by atoms with van der Waals surface area (Å²) >= 11 is 9.35. The van der Waals surface area contributed by atoms with Gasteiger partial charge in [0.05, 0.1) is 0 Å². The van der Waals surface area contributed by atoms with E-state index in [4.69, 9.17) is 16.3 Å². The Kier molecular flexibility index (Phi) is 5.91. The lowest BCUT2D eigenvalue weighted by Crippen LogP contribution is -2.26. The average molecular weight is 371 g/mol. The second-order valence-electron chi connectivity index (χ2n) is 4.79. The molecule has 0 fully saturated rings. The summed E-state index contributed by atoms with van der Waals surface area (Å²) in [7, 11) is 0. The molecule has 2 aromatic rings. The number of ether oxygens (including phenoxy) is 1. The molecule has 0 saturated heterocycles. The van der Waals surface area contributed by atoms with Crippen LogP contribution in [0.2, 0.25) is 5.02 Å². The number of rotatable bonds is 6. The summed E-state index contributed by atoms with van der Waals surface area (Å²) in [5.41, 5.74) is 2.11. The largest absolute Gasteiger partial charge is 0.491 e. The molecule has 2 rings (SSSR count). The fraction of sp³-hybridized carbons (Fsp3) is 0.250. The Balaban J connectivity index is 1.82. The number of nitrogens with one attached hydrogen (secondary N) is 1. The van der Waals surface area contributed by atoms with Gasteiger partial charge in [-0.2, -0.15) is 0 Å². The van der Waals surface area contributed by atoms with Gasteiger partial charge in [-0.05, 0) is 58.7 Å². The first-order valence-corrected chi connectivity index (χ1v) is 7.78. The number of aliphatic hydroxyl groups is 1. The van der Waals surface area contributed by atoms with Gasteiger partial charge in [0, 0.05) is 21.7 Å². The van der Waals surface area contributed by atoms with Crippen LogP contribution in [0, 0.1) is 6.92 Å². The molecule has 0 aliphatic heterocycles. The van der Waals surface area contributed by atoms with Crippen LogP contribution in [-0.2, 0) is 0 Å². The normalized spacial score (nSPS) is 12.0. The molecule has 112 valence electrons. The number of hydrogen-bond acceptors (Lipinski definition) is 3. The lowest BCUT2D eigenvalue weighted by molar-refractivity contribution is 0.117. The van der Waals surface area contributed by atoms with Crippen LogP contribution in [0.25, 0.3) is 0 Å². The lowest BCUT2D eigenvalue weighted by atomic mass is 10.2. The van der Waals surface area contributed by atoms with Crippen LogP contribution in [0.3, 0.4) is 0 Å². The molecule has 0 aliphatic rings. The standard InChI is InChI=1S/C16H17BrClNO2/c1-11-5-6-15(17)16(7-11)19-9-13(20)10-21-14-4-2-3-12(18)8-14/h2-8,13,19-20H,9-10H2,1H3. The average Bonchev–Trinajstić information content (AvgIpc) is 2.46. The van der Waals surface area contributed by atoms with Crippen molar-refractivity contribution >= 4 is 33.2 Å². The minimum Gasteiger partial charge on any atom is -0.491 e. The minimum absolute atomic E-state index is 0.205. The highest BCUT2D eigenvalue weighted by Crippen LogP contribution is 2.23. The molecule has 2 N–H and O–H groups in total. The first-order chi connectivity index (χ1) is 10.0. The zero-order chi connectivity index (χ0) is 15.2. The van der Waals surface area contributed by atoms with Gasteiger partial charge in [-0.3, -0.25) is 0 Å². The maximum absolute atomic E-state index is 9.97. The fourth-order valence-corrected chi connectivity index (χ4v) is 2.38. The number of benzene rings is 2. The van der Waals surface area contributed by atoms with E-state index in [0.717, 1.165) is 15.7 Å². The second kappa shape index (κ2) is 7.69. The monoisotopic (exact) mass is 369 g/mol. The quantitative estimate of drug-likeness (QED) is 0.798. The molecular weight excluding hydrogens is 354 g/mol. The van der Waals surface area contributed by atoms with Crippen molar-refractivity contribution < 1.29 is 9.84 Å². The zero-order valence-electron chi connectivity index (χ0n) is 11.6. The Bertz CT molecular complexity index is 607. The molecule has 0 aromatic heterocycles. The Morgan fingerprint density at radius 1 is 1.29 bits per heavy atom. The van der Waals surface area contributed by atoms with Crippen LogP contribution in [0.5, 0.6) is 5.75 Å². The number of aryl methyl sites for hydroxylation is 1. The Morgan fingerprint density at radius 3 is 2.86 bits per heavy atom. The van der Waals surface area contributed by atoms with E-state index in [1.165, 1.54) is 0 Å². The first kappa shape index (κ1) is 16.1. The molecule has 0 heterocycles. The van der Waals surface area contributed by atoms with Gasteiger partial charge < -0.3 is 15.2 Å². The summed E-state index contributed by atoms with van der Waals surface area (Å²) < 4.78 is 6.47. The number of halogens is 2. The van der Waals surface area contributed by atoms with Crippen LogP contribution in [0.1, 0.15) is 5.56 Å². The van der Waals surface area contributed by atoms with E-state index >= 15 is 0 Å². The van der Waals surface area contributed by atoms with Crippen molar-refractivity contribution in [3.8, 4) is 5.75 Å². The Morgan fingerprint density at radius 2 is 2.10 bits per heavy atom. The second-order valence-corrected chi connectivity index (χ2v) is 6.08. The van der Waals surface area contributed by atoms with Crippen molar-refractivity contribution in [2.24, 2.45) is 0 Å². The SMILES string of the molecule is Cc1ccc(Br)c(NCC(O)COc2cccc(Cl)c2)c1. The highest BCUT2D eigenvalue weighted by atomic mass is 79.9. The first-order valence-electron chi connectivity index (χ1n) is 6.61. The topological polar surface area (TPSA) is 41.5 Å². The molecule has 1 atom stereocenters. The number of hydrogen-bond donors (Lipinski definition) is 2. The van der Waals surface area contributed by atoms with E-state index in [9.17, 15) is 5.11 Å². The molecule has 5 heteroatoms. The van der Waals surface area contributed by atoms with Gasteiger partial charge in [0.15, 0.2) is 0 Å². The summed E-state index contributed by atoms with van der Waals surface area (Å²) in [6.45, 7) is 2.63. The highest BCUT2D eigenvalue weighted by Gasteiger charge is 2.07. The van der Waals surface area contributed by atoms with Gasteiger partial charge in [-0.1, -0.05) is 23.7 Å². The van der Waals surface area contributed by atoms with Crippen molar-refractivity contribution in [2.75, 3.05) is 18.5 Å². The Labute approximate surface area is 138 Å². The van der Waals surface area contributed by atoms with Crippen molar-refractivity contribution in [1.29, 1.82) is 0 Å². The van der Waals surface area contributed by atoms with Gasteiger partial charge in [-0.25, -0.2) is 0 Å². The van der Waals surface area contributed by atoms with E-state index in [1.807, 2.05) is 37.3 Å². The third-order valence-electron chi connectivity index (χ3n) is 2.89. The van der Waals surface area contributed by atoms with Crippen LogP contribution in [0.15, 0.2) is 46.9 Å². The van der Waals surface area contributed by atoms with E-state index in [-0.39, 0.29) is 6.61 Å². The van der Waals surface area contributed by atoms with Gasteiger partial charge in [0.25, 0.3) is 0 Å². The number of aliphatic hydroxyl groups excluding tert-OH is 1. The summed E-state index contributed by atoms with van der Waals surface area (Å²) in [6, 6.07) is 13.1. The van der Waals surface area contributed by atoms with Gasteiger partial charge >= 0.3 is 0 Å². The molecule has 0 amide bonds. The van der Waals surface area contributed by atoms with E-state index < -0.39 is 6.10 Å². The highest BCUT2D eigenvalue weighted by molar-refractivity contribution is 9.10. The molecule has 0 radical (unpaired) electrons. The van der Waals surface area contributed by atoms with Crippen LogP contribution in [-0.4, -0.2) is 24.4 Å². The van der Waals surface area contributed by atoms with Crippen molar-refractivity contribution in [2.45, 2.75) is 13.0 Å². The van der Waals surface area contributed by atoms with E-state index in [0.29, 0.717) is 17.3 Å². The number of anilines is 1. The van der Waals surface area contributed by atoms with Gasteiger partial charge in [-0.15, -0.1) is 0 Å². The third-order valence-corrected chi connectivity index (χ3v) is 3.82. The zero-order valence-corrected chi connectivity index (χ0v) is 14.0. The van der Waals surface area contributed by atoms with E-state index in [1.54, 1.807) is 12.1 Å². The summed E-state index contributed by atoms with van der Waals surface area (Å²) in [4.78, 5) is 0. The van der Waals surface area contributed by atoms with Crippen LogP contribution >= 0.6 is 27.5 Å². The molecule has 0 aliphatic carbocycles.